The van der Waals surface area contributed by atoms with Crippen LogP contribution in [0.4, 0.5) is 5.82 Å². The first-order valence-corrected chi connectivity index (χ1v) is 10.8. The zero-order chi connectivity index (χ0) is 20.3. The molecule has 0 amide bonds. The molecule has 0 aliphatic carbocycles. The van der Waals surface area contributed by atoms with E-state index in [1.807, 2.05) is 5.48 Å². The Hall–Kier alpha value is -1.62. The molecule has 0 spiro atoms. The molecule has 150 valence electrons. The molecule has 1 unspecified atom stereocenters. The van der Waals surface area contributed by atoms with Crippen molar-refractivity contribution in [3.63, 3.8) is 0 Å². The van der Waals surface area contributed by atoms with Crippen molar-refractivity contribution in [3.05, 3.63) is 63.8 Å². The van der Waals surface area contributed by atoms with E-state index in [0.717, 1.165) is 0 Å². The van der Waals surface area contributed by atoms with Crippen LogP contribution < -0.4 is 10.4 Å². The average Bonchev–Trinajstić information content (AvgIpc) is 2.68. The fourth-order valence-corrected chi connectivity index (χ4v) is 4.58. The number of hydrogen-bond donors (Lipinski definition) is 2. The Morgan fingerprint density at radius 1 is 1.11 bits per heavy atom. The van der Waals surface area contributed by atoms with Crippen LogP contribution in [0, 0.1) is 0 Å². The number of halogens is 3. The van der Waals surface area contributed by atoms with Gasteiger partial charge in [0.2, 0.25) is 10.0 Å². The maximum Gasteiger partial charge on any atom is 0.236 e. The molecule has 1 aliphatic rings. The number of hydroxylamine groups is 1. The van der Waals surface area contributed by atoms with Gasteiger partial charge in [0.1, 0.15) is 17.3 Å². The van der Waals surface area contributed by atoms with Crippen LogP contribution in [0.15, 0.2) is 43.0 Å². The van der Waals surface area contributed by atoms with Gasteiger partial charge in [-0.2, -0.15) is 5.48 Å². The third-order valence-electron chi connectivity index (χ3n) is 4.12. The summed E-state index contributed by atoms with van der Waals surface area (Å²) in [5.74, 6) is 0.199. The predicted octanol–water partition coefficient (Wildman–Crippen LogP) is 3.08. The molecule has 2 N–H and O–H groups in total. The summed E-state index contributed by atoms with van der Waals surface area (Å²) in [6, 6.07) is 5.38. The first-order valence-electron chi connectivity index (χ1n) is 8.07. The van der Waals surface area contributed by atoms with E-state index in [1.165, 1.54) is 22.9 Å². The van der Waals surface area contributed by atoms with Crippen molar-refractivity contribution in [2.45, 2.75) is 6.04 Å². The number of aromatic nitrogens is 2. The summed E-state index contributed by atoms with van der Waals surface area (Å²) < 4.78 is 26.8. The molecule has 1 atom stereocenters. The Labute approximate surface area is 177 Å². The van der Waals surface area contributed by atoms with Gasteiger partial charge in [0, 0.05) is 25.0 Å². The molecule has 28 heavy (non-hydrogen) atoms. The molecule has 2 aromatic rings. The van der Waals surface area contributed by atoms with E-state index in [9.17, 15) is 13.6 Å². The van der Waals surface area contributed by atoms with E-state index in [-0.39, 0.29) is 17.3 Å². The van der Waals surface area contributed by atoms with Crippen molar-refractivity contribution >= 4 is 50.6 Å². The summed E-state index contributed by atoms with van der Waals surface area (Å²) in [7, 11) is -3.72. The van der Waals surface area contributed by atoms with Crippen molar-refractivity contribution in [1.29, 1.82) is 0 Å². The predicted molar refractivity (Wildman–Crippen MR) is 108 cm³/mol. The zero-order valence-electron chi connectivity index (χ0n) is 14.3. The zero-order valence-corrected chi connectivity index (χ0v) is 17.4. The quantitative estimate of drug-likeness (QED) is 0.501. The number of sulfonamides is 1. The Morgan fingerprint density at radius 2 is 1.89 bits per heavy atom. The molecule has 2 heterocycles. The second-order valence-electron chi connectivity index (χ2n) is 5.93. The molecule has 1 aliphatic heterocycles. The first-order chi connectivity index (χ1) is 13.3. The van der Waals surface area contributed by atoms with Crippen LogP contribution in [0.3, 0.4) is 0 Å². The minimum absolute atomic E-state index is 0.208. The van der Waals surface area contributed by atoms with Crippen molar-refractivity contribution in [2.24, 2.45) is 0 Å². The van der Waals surface area contributed by atoms with Gasteiger partial charge in [-0.05, 0) is 17.7 Å². The molecule has 0 radical (unpaired) electrons. The third-order valence-corrected chi connectivity index (χ3v) is 6.84. The summed E-state index contributed by atoms with van der Waals surface area (Å²) in [5.41, 5.74) is 2.53. The van der Waals surface area contributed by atoms with E-state index < -0.39 is 16.1 Å². The third kappa shape index (κ3) is 4.86. The largest absolute Gasteiger partial charge is 0.330 e. The molecule has 1 aromatic heterocycles. The number of rotatable bonds is 6. The van der Waals surface area contributed by atoms with Crippen LogP contribution in [-0.2, 0) is 10.0 Å². The van der Waals surface area contributed by atoms with E-state index in [2.05, 4.69) is 9.97 Å². The van der Waals surface area contributed by atoms with Crippen molar-refractivity contribution in [3.8, 4) is 0 Å². The molecule has 1 aromatic carbocycles. The Kier molecular flexibility index (Phi) is 6.64. The first kappa shape index (κ1) is 21.1. The highest BCUT2D eigenvalue weighted by molar-refractivity contribution is 7.89. The standard InChI is InChI=1S/C16H16Cl3N5O3S/c17-12-2-1-11(7-13(12)18)14(22-25)9-28(26,27)24-5-3-23(4-6-24)16-8-15(19)20-10-21-16/h1-3,5,7-8,10,14,22,25H,4,6,9H2. The van der Waals surface area contributed by atoms with Gasteiger partial charge in [0.05, 0.1) is 28.4 Å². The summed E-state index contributed by atoms with van der Waals surface area (Å²) in [6.45, 7) is 0.590. The minimum atomic E-state index is -3.72. The maximum absolute atomic E-state index is 12.8. The molecule has 12 heteroatoms. The smallest absolute Gasteiger partial charge is 0.236 e. The maximum atomic E-state index is 12.8. The van der Waals surface area contributed by atoms with Crippen molar-refractivity contribution in [2.75, 3.05) is 23.7 Å². The van der Waals surface area contributed by atoms with E-state index in [0.29, 0.717) is 28.1 Å². The molecular formula is C16H16Cl3N5O3S. The Balaban J connectivity index is 1.73. The summed E-state index contributed by atoms with van der Waals surface area (Å²) in [5, 5.41) is 10.4. The van der Waals surface area contributed by atoms with E-state index >= 15 is 0 Å². The van der Waals surface area contributed by atoms with Gasteiger partial charge in [0.15, 0.2) is 0 Å². The molecule has 0 bridgehead atoms. The van der Waals surface area contributed by atoms with Gasteiger partial charge >= 0.3 is 0 Å². The van der Waals surface area contributed by atoms with Crippen LogP contribution >= 0.6 is 34.8 Å². The summed E-state index contributed by atoms with van der Waals surface area (Å²) in [6.07, 6.45) is 4.38. The number of benzene rings is 1. The number of anilines is 1. The summed E-state index contributed by atoms with van der Waals surface area (Å²) in [4.78, 5) is 9.70. The SMILES string of the molecule is O=S(=O)(CC(NO)c1ccc(Cl)c(Cl)c1)N1C=CN(c2cc(Cl)ncn2)CC1. The Morgan fingerprint density at radius 3 is 2.50 bits per heavy atom. The number of nitrogens with zero attached hydrogens (tertiary/aromatic N) is 4. The second kappa shape index (κ2) is 8.81. The van der Waals surface area contributed by atoms with Crippen LogP contribution in [0.5, 0.6) is 0 Å². The van der Waals surface area contributed by atoms with Gasteiger partial charge in [-0.15, -0.1) is 0 Å². The Bertz CT molecular complexity index is 989. The highest BCUT2D eigenvalue weighted by atomic mass is 35.5. The van der Waals surface area contributed by atoms with Crippen LogP contribution in [-0.4, -0.2) is 46.7 Å². The lowest BCUT2D eigenvalue weighted by atomic mass is 10.1. The number of hydrogen-bond acceptors (Lipinski definition) is 7. The van der Waals surface area contributed by atoms with Gasteiger partial charge < -0.3 is 10.1 Å². The topological polar surface area (TPSA) is 98.7 Å². The lowest BCUT2D eigenvalue weighted by Gasteiger charge is -2.31. The van der Waals surface area contributed by atoms with Gasteiger partial charge in [0.25, 0.3) is 0 Å². The monoisotopic (exact) mass is 463 g/mol. The van der Waals surface area contributed by atoms with Crippen LogP contribution in [0.2, 0.25) is 15.2 Å². The van der Waals surface area contributed by atoms with Crippen molar-refractivity contribution in [1.82, 2.24) is 19.8 Å². The molecule has 8 nitrogen and oxygen atoms in total. The fraction of sp³-hybridized carbons (Fsp3) is 0.250. The molecule has 0 saturated heterocycles. The average molecular weight is 465 g/mol. The van der Waals surface area contributed by atoms with Crippen molar-refractivity contribution < 1.29 is 13.6 Å². The van der Waals surface area contributed by atoms with Gasteiger partial charge in [-0.1, -0.05) is 40.9 Å². The lowest BCUT2D eigenvalue weighted by molar-refractivity contribution is 0.134. The van der Waals surface area contributed by atoms with Crippen LogP contribution in [0.1, 0.15) is 11.6 Å². The van der Waals surface area contributed by atoms with Crippen LogP contribution in [0.25, 0.3) is 0 Å². The highest BCUT2D eigenvalue weighted by Gasteiger charge is 2.27. The van der Waals surface area contributed by atoms with Gasteiger partial charge in [-0.3, -0.25) is 4.31 Å². The molecule has 0 saturated carbocycles. The van der Waals surface area contributed by atoms with Gasteiger partial charge in [-0.25, -0.2) is 18.4 Å². The molecule has 0 fully saturated rings. The second-order valence-corrected chi connectivity index (χ2v) is 9.10. The minimum Gasteiger partial charge on any atom is -0.330 e. The van der Waals surface area contributed by atoms with E-state index in [4.69, 9.17) is 34.8 Å². The van der Waals surface area contributed by atoms with E-state index in [1.54, 1.807) is 29.3 Å². The highest BCUT2D eigenvalue weighted by Crippen LogP contribution is 2.27. The lowest BCUT2D eigenvalue weighted by Crippen LogP contribution is -2.41. The number of nitrogens with one attached hydrogen (secondary N) is 1. The summed E-state index contributed by atoms with van der Waals surface area (Å²) >= 11 is 17.7. The molecule has 3 rings (SSSR count). The fourth-order valence-electron chi connectivity index (χ4n) is 2.66. The molecular weight excluding hydrogens is 449 g/mol. The normalized spacial score (nSPS) is 15.7.